The molecule has 3 aromatic carbocycles. The van der Waals surface area contributed by atoms with Gasteiger partial charge in [0.1, 0.15) is 17.4 Å². The summed E-state index contributed by atoms with van der Waals surface area (Å²) in [6.07, 6.45) is 0. The minimum absolute atomic E-state index is 0.182. The molecule has 1 aliphatic heterocycles. The molecule has 7 heteroatoms. The Morgan fingerprint density at radius 3 is 2.39 bits per heavy atom. The van der Waals surface area contributed by atoms with Crippen LogP contribution in [-0.4, -0.2) is 48.1 Å². The largest absolute Gasteiger partial charge is 0.493 e. The molecular weight excluding hydrogens is 459 g/mol. The Morgan fingerprint density at radius 1 is 0.970 bits per heavy atom. The molecule has 0 N–H and O–H groups in total. The number of hydrogen-bond donors (Lipinski definition) is 0. The number of benzene rings is 3. The maximum Gasteiger partial charge on any atom is 0.180 e. The topological polar surface area (TPSA) is 24.9 Å². The summed E-state index contributed by atoms with van der Waals surface area (Å²) in [6, 6.07) is 20.4. The second kappa shape index (κ2) is 11.0. The van der Waals surface area contributed by atoms with Crippen LogP contribution in [0.4, 0.5) is 4.39 Å². The molecule has 0 atom stereocenters. The molecule has 0 saturated carbocycles. The molecule has 4 rings (SSSR count). The van der Waals surface area contributed by atoms with Gasteiger partial charge in [0.2, 0.25) is 0 Å². The van der Waals surface area contributed by atoms with Gasteiger partial charge in [0, 0.05) is 38.3 Å². The van der Waals surface area contributed by atoms with Crippen LogP contribution in [0.1, 0.15) is 16.7 Å². The van der Waals surface area contributed by atoms with Crippen LogP contribution in [-0.2, 0) is 13.2 Å². The number of hydrogen-bond acceptors (Lipinski definition) is 4. The van der Waals surface area contributed by atoms with Gasteiger partial charge in [-0.15, -0.1) is 0 Å². The van der Waals surface area contributed by atoms with Crippen LogP contribution < -0.4 is 9.47 Å². The van der Waals surface area contributed by atoms with Gasteiger partial charge in [-0.2, -0.15) is 0 Å². The highest BCUT2D eigenvalue weighted by Gasteiger charge is 2.22. The van der Waals surface area contributed by atoms with Gasteiger partial charge in [0.05, 0.1) is 12.1 Å². The molecule has 1 aliphatic rings. The van der Waals surface area contributed by atoms with Crippen molar-refractivity contribution in [2.45, 2.75) is 13.2 Å². The van der Waals surface area contributed by atoms with E-state index in [1.807, 2.05) is 18.2 Å². The third-order valence-electron chi connectivity index (χ3n) is 5.66. The van der Waals surface area contributed by atoms with E-state index in [0.717, 1.165) is 43.3 Å². The number of nitrogens with zero attached hydrogens (tertiary/aromatic N) is 2. The second-order valence-corrected chi connectivity index (χ2v) is 8.76. The molecule has 4 nitrogen and oxygen atoms in total. The van der Waals surface area contributed by atoms with Crippen molar-refractivity contribution < 1.29 is 13.9 Å². The predicted octanol–water partition coefficient (Wildman–Crippen LogP) is 5.56. The molecule has 0 bridgehead atoms. The summed E-state index contributed by atoms with van der Waals surface area (Å²) in [7, 11) is 1.57. The van der Waals surface area contributed by atoms with Gasteiger partial charge >= 0.3 is 0 Å². The minimum atomic E-state index is -0.307. The van der Waals surface area contributed by atoms with E-state index in [1.54, 1.807) is 19.2 Å². The maximum atomic E-state index is 13.4. The molecule has 0 radical (unpaired) electrons. The molecule has 0 unspecified atom stereocenters. The molecule has 1 saturated heterocycles. The Kier molecular flexibility index (Phi) is 7.81. The maximum absolute atomic E-state index is 13.4. The first-order valence-electron chi connectivity index (χ1n) is 10.8. The standard InChI is InChI=1S/C26H26ClFN2O2S/c1-31-24-16-21(15-23(27)25(24)32-18-20-8-5-9-22(28)14-20)26(33)30-12-10-29(11-13-30)17-19-6-3-2-4-7-19/h2-9,14-16H,10-13,17-18H2,1H3. The van der Waals surface area contributed by atoms with E-state index in [9.17, 15) is 4.39 Å². The molecule has 1 fully saturated rings. The lowest BCUT2D eigenvalue weighted by atomic mass is 10.1. The zero-order chi connectivity index (χ0) is 23.2. The van der Waals surface area contributed by atoms with E-state index < -0.39 is 0 Å². The average Bonchev–Trinajstić information content (AvgIpc) is 2.83. The van der Waals surface area contributed by atoms with Gasteiger partial charge in [0.15, 0.2) is 11.5 Å². The summed E-state index contributed by atoms with van der Waals surface area (Å²) >= 11 is 12.3. The van der Waals surface area contributed by atoms with Crippen molar-refractivity contribution in [1.29, 1.82) is 0 Å². The van der Waals surface area contributed by atoms with Crippen molar-refractivity contribution in [3.8, 4) is 11.5 Å². The van der Waals surface area contributed by atoms with Crippen molar-refractivity contribution in [3.63, 3.8) is 0 Å². The number of ether oxygens (including phenoxy) is 2. The highest BCUT2D eigenvalue weighted by Crippen LogP contribution is 2.37. The fourth-order valence-electron chi connectivity index (χ4n) is 3.90. The highest BCUT2D eigenvalue weighted by molar-refractivity contribution is 7.80. The van der Waals surface area contributed by atoms with Gasteiger partial charge in [0.25, 0.3) is 0 Å². The Labute approximate surface area is 204 Å². The lowest BCUT2D eigenvalue weighted by Crippen LogP contribution is -2.48. The van der Waals surface area contributed by atoms with Gasteiger partial charge in [-0.25, -0.2) is 4.39 Å². The normalized spacial score (nSPS) is 14.2. The van der Waals surface area contributed by atoms with Crippen molar-refractivity contribution in [1.82, 2.24) is 9.80 Å². The average molecular weight is 485 g/mol. The zero-order valence-corrected chi connectivity index (χ0v) is 20.0. The zero-order valence-electron chi connectivity index (χ0n) is 18.5. The number of thiocarbonyl (C=S) groups is 1. The van der Waals surface area contributed by atoms with E-state index in [-0.39, 0.29) is 12.4 Å². The Morgan fingerprint density at radius 2 is 1.70 bits per heavy atom. The molecule has 0 spiro atoms. The summed E-state index contributed by atoms with van der Waals surface area (Å²) in [4.78, 5) is 5.38. The van der Waals surface area contributed by atoms with Crippen LogP contribution in [0.3, 0.4) is 0 Å². The summed E-state index contributed by atoms with van der Waals surface area (Å²) in [5, 5.41) is 0.408. The Hall–Kier alpha value is -2.67. The molecule has 33 heavy (non-hydrogen) atoms. The number of piperazine rings is 1. The van der Waals surface area contributed by atoms with Crippen LogP contribution in [0.15, 0.2) is 66.7 Å². The van der Waals surface area contributed by atoms with E-state index in [2.05, 4.69) is 34.1 Å². The van der Waals surface area contributed by atoms with E-state index in [0.29, 0.717) is 22.1 Å². The Balaban J connectivity index is 1.40. The van der Waals surface area contributed by atoms with Crippen LogP contribution in [0.25, 0.3) is 0 Å². The minimum Gasteiger partial charge on any atom is -0.493 e. The van der Waals surface area contributed by atoms with Crippen LogP contribution >= 0.6 is 23.8 Å². The summed E-state index contributed by atoms with van der Waals surface area (Å²) in [5.74, 6) is 0.611. The monoisotopic (exact) mass is 484 g/mol. The van der Waals surface area contributed by atoms with Crippen molar-refractivity contribution in [3.05, 3.63) is 94.3 Å². The molecule has 1 heterocycles. The van der Waals surface area contributed by atoms with Crippen molar-refractivity contribution in [2.24, 2.45) is 0 Å². The van der Waals surface area contributed by atoms with Crippen molar-refractivity contribution in [2.75, 3.05) is 33.3 Å². The third-order valence-corrected chi connectivity index (χ3v) is 6.43. The number of rotatable bonds is 7. The molecule has 3 aromatic rings. The van der Waals surface area contributed by atoms with E-state index in [4.69, 9.17) is 33.3 Å². The smallest absolute Gasteiger partial charge is 0.180 e. The lowest BCUT2D eigenvalue weighted by molar-refractivity contribution is 0.177. The fraction of sp³-hybridized carbons (Fsp3) is 0.269. The summed E-state index contributed by atoms with van der Waals surface area (Å²) in [6.45, 7) is 4.70. The fourth-order valence-corrected chi connectivity index (χ4v) is 4.46. The van der Waals surface area contributed by atoms with E-state index >= 15 is 0 Å². The molecular formula is C26H26ClFN2O2S. The van der Waals surface area contributed by atoms with E-state index in [1.165, 1.54) is 17.7 Å². The lowest BCUT2D eigenvalue weighted by Gasteiger charge is -2.36. The first-order valence-corrected chi connectivity index (χ1v) is 11.6. The van der Waals surface area contributed by atoms with Crippen LogP contribution in [0.5, 0.6) is 11.5 Å². The van der Waals surface area contributed by atoms with Gasteiger partial charge in [-0.3, -0.25) is 4.90 Å². The number of halogens is 2. The molecule has 0 aliphatic carbocycles. The first kappa shape index (κ1) is 23.5. The predicted molar refractivity (Wildman–Crippen MR) is 134 cm³/mol. The summed E-state index contributed by atoms with van der Waals surface area (Å²) < 4.78 is 24.8. The van der Waals surface area contributed by atoms with Crippen molar-refractivity contribution >= 4 is 28.8 Å². The van der Waals surface area contributed by atoms with Gasteiger partial charge < -0.3 is 14.4 Å². The summed E-state index contributed by atoms with van der Waals surface area (Å²) in [5.41, 5.74) is 2.85. The Bertz CT molecular complexity index is 1100. The van der Waals surface area contributed by atoms with Gasteiger partial charge in [-0.05, 0) is 35.4 Å². The number of methoxy groups -OCH3 is 1. The van der Waals surface area contributed by atoms with Crippen LogP contribution in [0.2, 0.25) is 5.02 Å². The first-order chi connectivity index (χ1) is 16.0. The molecule has 172 valence electrons. The second-order valence-electron chi connectivity index (χ2n) is 7.96. The molecule has 0 aromatic heterocycles. The highest BCUT2D eigenvalue weighted by atomic mass is 35.5. The SMILES string of the molecule is COc1cc(C(=S)N2CCN(Cc3ccccc3)CC2)cc(Cl)c1OCc1cccc(F)c1. The van der Waals surface area contributed by atoms with Crippen LogP contribution in [0, 0.1) is 5.82 Å². The third kappa shape index (κ3) is 6.02. The van der Waals surface area contributed by atoms with Gasteiger partial charge in [-0.1, -0.05) is 66.3 Å². The quantitative estimate of drug-likeness (QED) is 0.409. The molecule has 0 amide bonds.